The summed E-state index contributed by atoms with van der Waals surface area (Å²) in [5.74, 6) is 0. The Kier molecular flexibility index (Phi) is 3.56. The van der Waals surface area contributed by atoms with Gasteiger partial charge in [-0.25, -0.2) is 0 Å². The van der Waals surface area contributed by atoms with Crippen molar-refractivity contribution in [3.05, 3.63) is 33.8 Å². The van der Waals surface area contributed by atoms with Crippen molar-refractivity contribution in [2.75, 3.05) is 0 Å². The Morgan fingerprint density at radius 2 is 2.00 bits per heavy atom. The number of benzene rings is 1. The van der Waals surface area contributed by atoms with Crippen molar-refractivity contribution in [2.24, 2.45) is 5.73 Å². The zero-order chi connectivity index (χ0) is 10.0. The van der Waals surface area contributed by atoms with E-state index in [1.165, 1.54) is 0 Å². The molecule has 2 atom stereocenters. The fourth-order valence-electron chi connectivity index (χ4n) is 1.03. The summed E-state index contributed by atoms with van der Waals surface area (Å²) in [7, 11) is 0. The summed E-state index contributed by atoms with van der Waals surface area (Å²) >= 11 is 11.7. The third-order valence-corrected chi connectivity index (χ3v) is 2.42. The minimum atomic E-state index is -0.643. The van der Waals surface area contributed by atoms with Crippen LogP contribution in [-0.4, -0.2) is 11.2 Å². The molecule has 0 bridgehead atoms. The van der Waals surface area contributed by atoms with Gasteiger partial charge in [-0.15, -0.1) is 0 Å². The summed E-state index contributed by atoms with van der Waals surface area (Å²) in [6.07, 6.45) is -0.643. The maximum Gasteiger partial charge on any atom is 0.0705 e. The number of hydrogen-bond donors (Lipinski definition) is 2. The summed E-state index contributed by atoms with van der Waals surface area (Å²) in [5, 5.41) is 10.4. The molecule has 0 saturated heterocycles. The highest BCUT2D eigenvalue weighted by Gasteiger charge is 2.15. The van der Waals surface area contributed by atoms with Crippen molar-refractivity contribution in [3.63, 3.8) is 0 Å². The Labute approximate surface area is 87.3 Å². The predicted octanol–water partition coefficient (Wildman–Crippen LogP) is 2.37. The smallest absolute Gasteiger partial charge is 0.0705 e. The van der Waals surface area contributed by atoms with Crippen LogP contribution in [0.15, 0.2) is 18.2 Å². The van der Waals surface area contributed by atoms with Gasteiger partial charge in [0.15, 0.2) is 0 Å². The van der Waals surface area contributed by atoms with Crippen LogP contribution in [0.4, 0.5) is 0 Å². The van der Waals surface area contributed by atoms with E-state index in [-0.39, 0.29) is 0 Å². The number of aliphatic hydroxyl groups excluding tert-OH is 1. The van der Waals surface area contributed by atoms with Crippen LogP contribution < -0.4 is 5.73 Å². The van der Waals surface area contributed by atoms with E-state index in [2.05, 4.69) is 0 Å². The average molecular weight is 220 g/mol. The van der Waals surface area contributed by atoms with Crippen molar-refractivity contribution in [1.29, 1.82) is 0 Å². The van der Waals surface area contributed by atoms with E-state index in [0.29, 0.717) is 15.6 Å². The van der Waals surface area contributed by atoms with Gasteiger partial charge < -0.3 is 10.8 Å². The molecule has 1 aromatic carbocycles. The maximum atomic E-state index is 9.26. The number of nitrogens with two attached hydrogens (primary N) is 1. The second-order valence-electron chi connectivity index (χ2n) is 2.93. The first-order valence-electron chi connectivity index (χ1n) is 3.91. The summed E-state index contributed by atoms with van der Waals surface area (Å²) in [6, 6.07) is 4.52. The quantitative estimate of drug-likeness (QED) is 0.803. The summed E-state index contributed by atoms with van der Waals surface area (Å²) in [5.41, 5.74) is 6.38. The van der Waals surface area contributed by atoms with Crippen molar-refractivity contribution in [1.82, 2.24) is 0 Å². The molecule has 0 fully saturated rings. The number of halogens is 2. The van der Waals surface area contributed by atoms with Crippen molar-refractivity contribution < 1.29 is 5.11 Å². The Morgan fingerprint density at radius 3 is 2.54 bits per heavy atom. The lowest BCUT2D eigenvalue weighted by Crippen LogP contribution is -2.23. The molecule has 0 heterocycles. The normalized spacial score (nSPS) is 15.5. The van der Waals surface area contributed by atoms with Crippen molar-refractivity contribution in [3.8, 4) is 0 Å². The van der Waals surface area contributed by atoms with Gasteiger partial charge >= 0.3 is 0 Å². The van der Waals surface area contributed by atoms with Gasteiger partial charge in [0.2, 0.25) is 0 Å². The van der Waals surface area contributed by atoms with E-state index in [0.717, 1.165) is 0 Å². The maximum absolute atomic E-state index is 9.26. The first-order chi connectivity index (χ1) is 6.02. The minimum absolute atomic E-state index is 0.494. The molecule has 0 aliphatic carbocycles. The van der Waals surface area contributed by atoms with Gasteiger partial charge in [-0.1, -0.05) is 23.2 Å². The second kappa shape index (κ2) is 4.29. The lowest BCUT2D eigenvalue weighted by atomic mass is 10.0. The minimum Gasteiger partial charge on any atom is -0.391 e. The highest BCUT2D eigenvalue weighted by atomic mass is 35.5. The van der Waals surface area contributed by atoms with Gasteiger partial charge in [-0.3, -0.25) is 0 Å². The summed E-state index contributed by atoms with van der Waals surface area (Å²) in [6.45, 7) is 1.61. The monoisotopic (exact) mass is 219 g/mol. The molecular weight excluding hydrogens is 209 g/mol. The van der Waals surface area contributed by atoms with E-state index in [9.17, 15) is 5.11 Å². The molecule has 13 heavy (non-hydrogen) atoms. The average Bonchev–Trinajstić information content (AvgIpc) is 2.08. The van der Waals surface area contributed by atoms with Gasteiger partial charge in [0.1, 0.15) is 0 Å². The van der Waals surface area contributed by atoms with Gasteiger partial charge in [0, 0.05) is 10.0 Å². The predicted molar refractivity (Wildman–Crippen MR) is 55.1 cm³/mol. The molecule has 0 amide bonds. The van der Waals surface area contributed by atoms with E-state index in [1.54, 1.807) is 25.1 Å². The van der Waals surface area contributed by atoms with Crippen LogP contribution in [0.25, 0.3) is 0 Å². The molecule has 72 valence electrons. The SMILES string of the molecule is CC(O)[C@H](N)c1cc(Cl)ccc1Cl. The van der Waals surface area contributed by atoms with E-state index in [4.69, 9.17) is 28.9 Å². The largest absolute Gasteiger partial charge is 0.391 e. The Morgan fingerprint density at radius 1 is 1.38 bits per heavy atom. The third-order valence-electron chi connectivity index (χ3n) is 1.84. The highest BCUT2D eigenvalue weighted by molar-refractivity contribution is 6.33. The van der Waals surface area contributed by atoms with Gasteiger partial charge in [-0.05, 0) is 30.7 Å². The second-order valence-corrected chi connectivity index (χ2v) is 3.78. The number of rotatable bonds is 2. The Balaban J connectivity index is 3.05. The zero-order valence-electron chi connectivity index (χ0n) is 7.17. The molecule has 1 aromatic rings. The van der Waals surface area contributed by atoms with Crippen LogP contribution >= 0.6 is 23.2 Å². The molecule has 0 aliphatic heterocycles. The zero-order valence-corrected chi connectivity index (χ0v) is 8.68. The first kappa shape index (κ1) is 10.8. The highest BCUT2D eigenvalue weighted by Crippen LogP contribution is 2.26. The Bertz CT molecular complexity index is 302. The van der Waals surface area contributed by atoms with Crippen LogP contribution in [0.1, 0.15) is 18.5 Å². The number of hydrogen-bond acceptors (Lipinski definition) is 2. The molecular formula is C9H11Cl2NO. The van der Waals surface area contributed by atoms with Crippen LogP contribution in [0.3, 0.4) is 0 Å². The molecule has 2 nitrogen and oxygen atoms in total. The summed E-state index contributed by atoms with van der Waals surface area (Å²) in [4.78, 5) is 0. The van der Waals surface area contributed by atoms with Gasteiger partial charge in [0.05, 0.1) is 12.1 Å². The first-order valence-corrected chi connectivity index (χ1v) is 4.66. The molecule has 3 N–H and O–H groups in total. The fourth-order valence-corrected chi connectivity index (χ4v) is 1.45. The van der Waals surface area contributed by atoms with Crippen LogP contribution in [0.5, 0.6) is 0 Å². The lowest BCUT2D eigenvalue weighted by Gasteiger charge is -2.16. The number of aliphatic hydroxyl groups is 1. The molecule has 1 unspecified atom stereocenters. The molecule has 1 rings (SSSR count). The van der Waals surface area contributed by atoms with Crippen LogP contribution in [0, 0.1) is 0 Å². The Hall–Kier alpha value is -0.280. The van der Waals surface area contributed by atoms with Crippen molar-refractivity contribution in [2.45, 2.75) is 19.1 Å². The summed E-state index contributed by atoms with van der Waals surface area (Å²) < 4.78 is 0. The molecule has 0 saturated carbocycles. The molecule has 0 radical (unpaired) electrons. The van der Waals surface area contributed by atoms with Crippen LogP contribution in [-0.2, 0) is 0 Å². The molecule has 4 heteroatoms. The lowest BCUT2D eigenvalue weighted by molar-refractivity contribution is 0.164. The van der Waals surface area contributed by atoms with Gasteiger partial charge in [-0.2, -0.15) is 0 Å². The van der Waals surface area contributed by atoms with E-state index >= 15 is 0 Å². The fraction of sp³-hybridized carbons (Fsp3) is 0.333. The standard InChI is InChI=1S/C9H11Cl2NO/c1-5(13)9(12)7-4-6(10)2-3-8(7)11/h2-5,9,13H,12H2,1H3/t5?,9-/m0/s1. The topological polar surface area (TPSA) is 46.2 Å². The third kappa shape index (κ3) is 2.58. The molecule has 0 aliphatic rings. The van der Waals surface area contributed by atoms with Crippen LogP contribution in [0.2, 0.25) is 10.0 Å². The van der Waals surface area contributed by atoms with E-state index in [1.807, 2.05) is 0 Å². The van der Waals surface area contributed by atoms with Crippen molar-refractivity contribution >= 4 is 23.2 Å². The van der Waals surface area contributed by atoms with E-state index < -0.39 is 12.1 Å². The molecule has 0 aromatic heterocycles. The molecule has 0 spiro atoms. The van der Waals surface area contributed by atoms with Gasteiger partial charge in [0.25, 0.3) is 0 Å².